The number of aromatic nitrogens is 3. The highest BCUT2D eigenvalue weighted by Gasteiger charge is 2.21. The van der Waals surface area contributed by atoms with E-state index in [0.717, 1.165) is 45.0 Å². The molecule has 5 aromatic rings. The van der Waals surface area contributed by atoms with Crippen molar-refractivity contribution in [2.24, 2.45) is 0 Å². The van der Waals surface area contributed by atoms with Gasteiger partial charge in [0.05, 0.1) is 25.6 Å². The third-order valence-corrected chi connectivity index (χ3v) is 5.67. The van der Waals surface area contributed by atoms with Crippen LogP contribution in [0.5, 0.6) is 5.75 Å². The van der Waals surface area contributed by atoms with E-state index in [0.29, 0.717) is 6.54 Å². The van der Waals surface area contributed by atoms with Gasteiger partial charge in [-0.25, -0.2) is 0 Å². The predicted octanol–water partition coefficient (Wildman–Crippen LogP) is 5.62. The molecule has 164 valence electrons. The van der Waals surface area contributed by atoms with E-state index >= 15 is 0 Å². The number of methoxy groups -OCH3 is 1. The lowest BCUT2D eigenvalue weighted by Crippen LogP contribution is -2.22. The minimum Gasteiger partial charge on any atom is -0.497 e. The fourth-order valence-electron chi connectivity index (χ4n) is 3.91. The summed E-state index contributed by atoms with van der Waals surface area (Å²) in [5.74, 6) is 1.61. The fraction of sp³-hybridized carbons (Fsp3) is 0.111. The second-order valence-corrected chi connectivity index (χ2v) is 7.70. The Hall–Kier alpha value is -4.16. The summed E-state index contributed by atoms with van der Waals surface area (Å²) in [6.07, 6.45) is 7.14. The number of furan rings is 1. The normalized spacial score (nSPS) is 11.9. The molecule has 0 fully saturated rings. The van der Waals surface area contributed by atoms with Crippen molar-refractivity contribution in [2.45, 2.75) is 12.6 Å². The van der Waals surface area contributed by atoms with Gasteiger partial charge in [-0.2, -0.15) is 5.10 Å². The number of aromatic amines is 1. The Balaban J connectivity index is 1.47. The Morgan fingerprint density at radius 3 is 2.33 bits per heavy atom. The molecule has 2 aromatic carbocycles. The number of ether oxygens (including phenoxy) is 1. The van der Waals surface area contributed by atoms with Crippen LogP contribution in [0.15, 0.2) is 102 Å². The zero-order chi connectivity index (χ0) is 22.5. The van der Waals surface area contributed by atoms with Gasteiger partial charge in [0, 0.05) is 24.5 Å². The van der Waals surface area contributed by atoms with E-state index in [1.54, 1.807) is 13.4 Å². The van der Waals surface area contributed by atoms with E-state index in [1.807, 2.05) is 55.0 Å². The molecule has 0 saturated heterocycles. The van der Waals surface area contributed by atoms with Crippen LogP contribution < -0.4 is 10.1 Å². The van der Waals surface area contributed by atoms with Crippen molar-refractivity contribution in [3.8, 4) is 28.3 Å². The molecule has 2 N–H and O–H groups in total. The van der Waals surface area contributed by atoms with E-state index in [1.165, 1.54) is 0 Å². The van der Waals surface area contributed by atoms with Crippen molar-refractivity contribution in [3.05, 3.63) is 114 Å². The molecule has 0 aliphatic rings. The van der Waals surface area contributed by atoms with Crippen molar-refractivity contribution >= 4 is 0 Å². The number of nitrogens with zero attached hydrogens (tertiary/aromatic N) is 2. The number of hydrogen-bond acceptors (Lipinski definition) is 5. The summed E-state index contributed by atoms with van der Waals surface area (Å²) in [6.45, 7) is 0.691. The summed E-state index contributed by atoms with van der Waals surface area (Å²) in [5, 5.41) is 11.1. The molecule has 0 radical (unpaired) electrons. The Labute approximate surface area is 192 Å². The lowest BCUT2D eigenvalue weighted by Gasteiger charge is -2.20. The number of benzene rings is 2. The fourth-order valence-corrected chi connectivity index (χ4v) is 3.91. The molecular formula is C27H24N4O2. The molecule has 0 aliphatic heterocycles. The van der Waals surface area contributed by atoms with Crippen molar-refractivity contribution in [3.63, 3.8) is 0 Å². The van der Waals surface area contributed by atoms with Crippen LogP contribution in [0.2, 0.25) is 0 Å². The third-order valence-electron chi connectivity index (χ3n) is 5.67. The molecule has 3 heterocycles. The lowest BCUT2D eigenvalue weighted by molar-refractivity contribution is 0.415. The maximum atomic E-state index is 5.65. The molecule has 0 bridgehead atoms. The molecule has 0 spiro atoms. The first-order valence-electron chi connectivity index (χ1n) is 10.8. The molecule has 6 heteroatoms. The largest absolute Gasteiger partial charge is 0.497 e. The van der Waals surface area contributed by atoms with Crippen LogP contribution in [0.4, 0.5) is 0 Å². The van der Waals surface area contributed by atoms with Gasteiger partial charge in [-0.1, -0.05) is 36.4 Å². The second kappa shape index (κ2) is 9.54. The Morgan fingerprint density at radius 1 is 0.939 bits per heavy atom. The number of pyridine rings is 1. The monoisotopic (exact) mass is 436 g/mol. The van der Waals surface area contributed by atoms with Gasteiger partial charge in [0.25, 0.3) is 0 Å². The average molecular weight is 437 g/mol. The summed E-state index contributed by atoms with van der Waals surface area (Å²) >= 11 is 0. The van der Waals surface area contributed by atoms with Crippen molar-refractivity contribution in [2.75, 3.05) is 7.11 Å². The van der Waals surface area contributed by atoms with E-state index in [9.17, 15) is 0 Å². The molecule has 5 rings (SSSR count). The molecule has 0 amide bonds. The summed E-state index contributed by atoms with van der Waals surface area (Å²) in [4.78, 5) is 4.11. The van der Waals surface area contributed by atoms with E-state index in [2.05, 4.69) is 56.9 Å². The molecule has 0 saturated carbocycles. The molecule has 3 aromatic heterocycles. The van der Waals surface area contributed by atoms with Crippen LogP contribution in [0.25, 0.3) is 22.6 Å². The predicted molar refractivity (Wildman–Crippen MR) is 128 cm³/mol. The Kier molecular flexibility index (Phi) is 5.99. The Bertz CT molecular complexity index is 1280. The van der Waals surface area contributed by atoms with Crippen LogP contribution in [-0.2, 0) is 6.54 Å². The summed E-state index contributed by atoms with van der Waals surface area (Å²) < 4.78 is 10.9. The molecular weight excluding hydrogens is 412 g/mol. The van der Waals surface area contributed by atoms with Gasteiger partial charge in [-0.3, -0.25) is 10.1 Å². The number of rotatable bonds is 8. The number of hydrogen-bond donors (Lipinski definition) is 2. The highest BCUT2D eigenvalue weighted by atomic mass is 16.5. The van der Waals surface area contributed by atoms with Crippen LogP contribution in [0.1, 0.15) is 22.7 Å². The van der Waals surface area contributed by atoms with Crippen LogP contribution in [0.3, 0.4) is 0 Å². The summed E-state index contributed by atoms with van der Waals surface area (Å²) in [7, 11) is 1.68. The van der Waals surface area contributed by atoms with E-state index in [-0.39, 0.29) is 6.04 Å². The zero-order valence-electron chi connectivity index (χ0n) is 18.2. The van der Waals surface area contributed by atoms with Crippen LogP contribution in [-0.4, -0.2) is 22.3 Å². The molecule has 33 heavy (non-hydrogen) atoms. The highest BCUT2D eigenvalue weighted by Crippen LogP contribution is 2.32. The second-order valence-electron chi connectivity index (χ2n) is 7.70. The first-order valence-corrected chi connectivity index (χ1v) is 10.8. The van der Waals surface area contributed by atoms with Gasteiger partial charge in [0.2, 0.25) is 0 Å². The number of H-pyrrole nitrogens is 1. The molecule has 1 unspecified atom stereocenters. The summed E-state index contributed by atoms with van der Waals surface area (Å²) in [6, 6.07) is 24.4. The van der Waals surface area contributed by atoms with Gasteiger partial charge in [0.15, 0.2) is 5.76 Å². The number of nitrogens with one attached hydrogen (secondary N) is 2. The SMILES string of the molecule is COc1ccc(-c2ccc(C(NCc3ccncc3)c3cn[nH]c3-c3ccco3)cc2)cc1. The maximum Gasteiger partial charge on any atom is 0.151 e. The first-order chi connectivity index (χ1) is 16.3. The van der Waals surface area contributed by atoms with Crippen molar-refractivity contribution in [1.82, 2.24) is 20.5 Å². The zero-order valence-corrected chi connectivity index (χ0v) is 18.2. The molecule has 6 nitrogen and oxygen atoms in total. The average Bonchev–Trinajstić information content (AvgIpc) is 3.58. The van der Waals surface area contributed by atoms with Crippen LogP contribution in [0, 0.1) is 0 Å². The molecule has 0 aliphatic carbocycles. The van der Waals surface area contributed by atoms with Gasteiger partial charge >= 0.3 is 0 Å². The minimum absolute atomic E-state index is 0.0815. The standard InChI is InChI=1S/C27H24N4O2/c1-32-23-10-8-21(9-11-23)20-4-6-22(7-5-20)26(29-17-19-12-14-28-15-13-19)24-18-30-31-27(24)25-3-2-16-33-25/h2-16,18,26,29H,17H2,1H3,(H,30,31). The van der Waals surface area contributed by atoms with Crippen LogP contribution >= 0.6 is 0 Å². The van der Waals surface area contributed by atoms with Gasteiger partial charge in [0.1, 0.15) is 11.4 Å². The topological polar surface area (TPSA) is 76.0 Å². The quantitative estimate of drug-likeness (QED) is 0.330. The third kappa shape index (κ3) is 4.56. The minimum atomic E-state index is -0.0815. The maximum absolute atomic E-state index is 5.65. The van der Waals surface area contributed by atoms with Gasteiger partial charge < -0.3 is 14.5 Å². The lowest BCUT2D eigenvalue weighted by atomic mass is 9.95. The Morgan fingerprint density at radius 2 is 1.67 bits per heavy atom. The first kappa shape index (κ1) is 20.7. The van der Waals surface area contributed by atoms with E-state index in [4.69, 9.17) is 9.15 Å². The van der Waals surface area contributed by atoms with Gasteiger partial charge in [-0.15, -0.1) is 0 Å². The molecule has 1 atom stereocenters. The van der Waals surface area contributed by atoms with E-state index < -0.39 is 0 Å². The van der Waals surface area contributed by atoms with Crippen molar-refractivity contribution in [1.29, 1.82) is 0 Å². The van der Waals surface area contributed by atoms with Crippen molar-refractivity contribution < 1.29 is 9.15 Å². The van der Waals surface area contributed by atoms with Gasteiger partial charge in [-0.05, 0) is 58.7 Å². The smallest absolute Gasteiger partial charge is 0.151 e. The summed E-state index contributed by atoms with van der Waals surface area (Å²) in [5.41, 5.74) is 6.47. The highest BCUT2D eigenvalue weighted by molar-refractivity contribution is 5.65.